The van der Waals surface area contributed by atoms with Gasteiger partial charge in [-0.15, -0.1) is 0 Å². The predicted molar refractivity (Wildman–Crippen MR) is 103 cm³/mol. The van der Waals surface area contributed by atoms with Crippen molar-refractivity contribution < 1.29 is 4.74 Å². The maximum atomic E-state index is 5.81. The Bertz CT molecular complexity index is 530. The number of methoxy groups -OCH3 is 1. The Labute approximate surface area is 149 Å². The number of hydrogen-bond acceptors (Lipinski definition) is 1. The summed E-state index contributed by atoms with van der Waals surface area (Å²) in [5.74, 6) is 3.30. The summed E-state index contributed by atoms with van der Waals surface area (Å²) < 4.78 is 5.81. The highest BCUT2D eigenvalue weighted by molar-refractivity contribution is 5.22. The molecule has 2 saturated carbocycles. The first-order chi connectivity index (χ1) is 11.3. The van der Waals surface area contributed by atoms with Gasteiger partial charge < -0.3 is 4.74 Å². The minimum Gasteiger partial charge on any atom is -0.374 e. The number of allylic oxidation sites excluding steroid dienone is 3. The van der Waals surface area contributed by atoms with Gasteiger partial charge in [-0.3, -0.25) is 0 Å². The van der Waals surface area contributed by atoms with Gasteiger partial charge in [-0.2, -0.15) is 0 Å². The molecule has 0 radical (unpaired) electrons. The molecule has 0 N–H and O–H groups in total. The summed E-state index contributed by atoms with van der Waals surface area (Å²) in [6.45, 7) is 11.9. The molecule has 6 atom stereocenters. The zero-order valence-electron chi connectivity index (χ0n) is 16.8. The number of fused-ring (bicyclic) bond motifs is 1. The Hall–Kier alpha value is -0.560. The van der Waals surface area contributed by atoms with Crippen molar-refractivity contribution in [2.45, 2.75) is 85.2 Å². The second-order valence-electron chi connectivity index (χ2n) is 9.42. The molecule has 0 aromatic heterocycles. The Kier molecular flexibility index (Phi) is 5.04. The van der Waals surface area contributed by atoms with E-state index in [9.17, 15) is 0 Å². The lowest BCUT2D eigenvalue weighted by atomic mass is 9.60. The van der Waals surface area contributed by atoms with Crippen molar-refractivity contribution in [1.82, 2.24) is 0 Å². The van der Waals surface area contributed by atoms with Gasteiger partial charge >= 0.3 is 0 Å². The van der Waals surface area contributed by atoms with Crippen LogP contribution in [0.4, 0.5) is 0 Å². The molecule has 3 rings (SSSR count). The molecule has 1 nitrogen and oxygen atoms in total. The van der Waals surface area contributed by atoms with Crippen molar-refractivity contribution >= 4 is 0 Å². The first kappa shape index (κ1) is 18.2. The SMILES string of the molecule is C/C=C1\CCCC2(C)C1CCC2C(C)CC1C=C(C)C(C)(OC)C1. The smallest absolute Gasteiger partial charge is 0.0862 e. The summed E-state index contributed by atoms with van der Waals surface area (Å²) in [6, 6.07) is 0. The second-order valence-corrected chi connectivity index (χ2v) is 9.42. The third-order valence-electron chi connectivity index (χ3n) is 8.19. The molecule has 0 spiro atoms. The van der Waals surface area contributed by atoms with E-state index >= 15 is 0 Å². The summed E-state index contributed by atoms with van der Waals surface area (Å²) >= 11 is 0. The predicted octanol–water partition coefficient (Wildman–Crippen LogP) is 6.55. The van der Waals surface area contributed by atoms with Gasteiger partial charge in [0.15, 0.2) is 0 Å². The molecule has 3 aliphatic rings. The number of hydrogen-bond donors (Lipinski definition) is 0. The molecule has 0 amide bonds. The Morgan fingerprint density at radius 3 is 2.71 bits per heavy atom. The Morgan fingerprint density at radius 1 is 1.33 bits per heavy atom. The van der Waals surface area contributed by atoms with Crippen LogP contribution in [0, 0.1) is 29.1 Å². The van der Waals surface area contributed by atoms with Crippen LogP contribution in [0.3, 0.4) is 0 Å². The molecular formula is C23H38O. The van der Waals surface area contributed by atoms with Gasteiger partial charge in [-0.05, 0) is 100 Å². The molecule has 2 fully saturated rings. The molecule has 24 heavy (non-hydrogen) atoms. The average Bonchev–Trinajstić information content (AvgIpc) is 3.04. The molecule has 6 unspecified atom stereocenters. The molecule has 3 aliphatic carbocycles. The minimum absolute atomic E-state index is 0.0184. The molecule has 0 aromatic rings. The van der Waals surface area contributed by atoms with Crippen molar-refractivity contribution in [3.63, 3.8) is 0 Å². The van der Waals surface area contributed by atoms with E-state index in [0.29, 0.717) is 11.3 Å². The van der Waals surface area contributed by atoms with E-state index in [1.807, 2.05) is 7.11 Å². The van der Waals surface area contributed by atoms with Crippen LogP contribution in [-0.2, 0) is 4.74 Å². The highest BCUT2D eigenvalue weighted by Crippen LogP contribution is 2.60. The second kappa shape index (κ2) is 6.63. The van der Waals surface area contributed by atoms with E-state index in [0.717, 1.165) is 17.8 Å². The normalized spacial score (nSPS) is 45.3. The van der Waals surface area contributed by atoms with Gasteiger partial charge in [0.2, 0.25) is 0 Å². The van der Waals surface area contributed by atoms with E-state index in [4.69, 9.17) is 4.74 Å². The summed E-state index contributed by atoms with van der Waals surface area (Å²) in [5.41, 5.74) is 3.74. The standard InChI is InChI=1S/C23H38O/c1-7-19-9-8-12-22(4)20(10-11-21(19)22)16(2)13-18-14-17(3)23(5,15-18)24-6/h7,14,16,18,20-21H,8-13,15H2,1-6H3/b19-7+. The summed E-state index contributed by atoms with van der Waals surface area (Å²) in [7, 11) is 1.87. The van der Waals surface area contributed by atoms with E-state index in [1.165, 1.54) is 50.5 Å². The fourth-order valence-corrected chi connectivity index (χ4v) is 6.65. The molecule has 0 aliphatic heterocycles. The van der Waals surface area contributed by atoms with Gasteiger partial charge in [0, 0.05) is 7.11 Å². The van der Waals surface area contributed by atoms with E-state index in [2.05, 4.69) is 46.8 Å². The highest BCUT2D eigenvalue weighted by atomic mass is 16.5. The van der Waals surface area contributed by atoms with Crippen LogP contribution in [-0.4, -0.2) is 12.7 Å². The van der Waals surface area contributed by atoms with Crippen LogP contribution in [0.1, 0.15) is 79.6 Å². The Morgan fingerprint density at radius 2 is 2.08 bits per heavy atom. The summed E-state index contributed by atoms with van der Waals surface area (Å²) in [5, 5.41) is 0. The van der Waals surface area contributed by atoms with Crippen LogP contribution >= 0.6 is 0 Å². The van der Waals surface area contributed by atoms with Crippen molar-refractivity contribution in [2.75, 3.05) is 7.11 Å². The van der Waals surface area contributed by atoms with Crippen molar-refractivity contribution in [3.05, 3.63) is 23.3 Å². The van der Waals surface area contributed by atoms with Crippen molar-refractivity contribution in [2.24, 2.45) is 29.1 Å². The molecule has 0 saturated heterocycles. The average molecular weight is 331 g/mol. The molecular weight excluding hydrogens is 292 g/mol. The van der Waals surface area contributed by atoms with Gasteiger partial charge in [-0.1, -0.05) is 31.6 Å². The first-order valence-electron chi connectivity index (χ1n) is 10.2. The van der Waals surface area contributed by atoms with Crippen LogP contribution in [0.2, 0.25) is 0 Å². The molecule has 0 aromatic carbocycles. The number of ether oxygens (including phenoxy) is 1. The monoisotopic (exact) mass is 330 g/mol. The van der Waals surface area contributed by atoms with Crippen LogP contribution in [0.5, 0.6) is 0 Å². The summed E-state index contributed by atoms with van der Waals surface area (Å²) in [4.78, 5) is 0. The fraction of sp³-hybridized carbons (Fsp3) is 0.826. The van der Waals surface area contributed by atoms with Gasteiger partial charge in [0.1, 0.15) is 0 Å². The van der Waals surface area contributed by atoms with Gasteiger partial charge in [0.25, 0.3) is 0 Å². The third-order valence-corrected chi connectivity index (χ3v) is 8.19. The van der Waals surface area contributed by atoms with E-state index in [1.54, 1.807) is 5.57 Å². The Balaban J connectivity index is 1.69. The summed E-state index contributed by atoms with van der Waals surface area (Å²) in [6.07, 6.45) is 14.5. The van der Waals surface area contributed by atoms with Crippen molar-refractivity contribution in [3.8, 4) is 0 Å². The van der Waals surface area contributed by atoms with Crippen LogP contribution in [0.15, 0.2) is 23.3 Å². The third kappa shape index (κ3) is 2.91. The zero-order valence-corrected chi connectivity index (χ0v) is 16.8. The lowest BCUT2D eigenvalue weighted by Crippen LogP contribution is -2.36. The van der Waals surface area contributed by atoms with Gasteiger partial charge in [0.05, 0.1) is 5.60 Å². The molecule has 136 valence electrons. The fourth-order valence-electron chi connectivity index (χ4n) is 6.65. The van der Waals surface area contributed by atoms with Gasteiger partial charge in [-0.25, -0.2) is 0 Å². The van der Waals surface area contributed by atoms with Crippen LogP contribution in [0.25, 0.3) is 0 Å². The lowest BCUT2D eigenvalue weighted by Gasteiger charge is -2.44. The topological polar surface area (TPSA) is 9.23 Å². The van der Waals surface area contributed by atoms with Crippen molar-refractivity contribution in [1.29, 1.82) is 0 Å². The first-order valence-corrected chi connectivity index (χ1v) is 10.2. The zero-order chi connectivity index (χ0) is 17.5. The highest BCUT2D eigenvalue weighted by Gasteiger charge is 2.51. The van der Waals surface area contributed by atoms with E-state index < -0.39 is 0 Å². The maximum absolute atomic E-state index is 5.81. The number of rotatable bonds is 4. The molecule has 0 heterocycles. The largest absolute Gasteiger partial charge is 0.374 e. The van der Waals surface area contributed by atoms with E-state index in [-0.39, 0.29) is 5.60 Å². The quantitative estimate of drug-likeness (QED) is 0.531. The van der Waals surface area contributed by atoms with Crippen LogP contribution < -0.4 is 0 Å². The maximum Gasteiger partial charge on any atom is 0.0862 e. The molecule has 0 bridgehead atoms. The molecule has 1 heteroatoms. The minimum atomic E-state index is -0.0184. The lowest BCUT2D eigenvalue weighted by molar-refractivity contribution is 0.0276.